The maximum absolute atomic E-state index is 14.6. The van der Waals surface area contributed by atoms with Crippen LogP contribution >= 0.6 is 0 Å². The maximum Gasteiger partial charge on any atom is 0.333 e. The first-order valence-electron chi connectivity index (χ1n) is 8.76. The molecule has 3 N–H and O–H groups in total. The topological polar surface area (TPSA) is 73.3 Å². The van der Waals surface area contributed by atoms with Crippen molar-refractivity contribution in [3.63, 3.8) is 0 Å². The average Bonchev–Trinajstić information content (AvgIpc) is 3.26. The number of fused-ring (bicyclic) bond motifs is 1. The van der Waals surface area contributed by atoms with Crippen molar-refractivity contribution in [3.8, 4) is 11.4 Å². The van der Waals surface area contributed by atoms with Gasteiger partial charge in [-0.05, 0) is 47.9 Å². The van der Waals surface area contributed by atoms with Crippen LogP contribution in [0.3, 0.4) is 0 Å². The Morgan fingerprint density at radius 2 is 1.93 bits per heavy atom. The van der Waals surface area contributed by atoms with Crippen molar-refractivity contribution in [2.75, 3.05) is 7.05 Å². The number of benzene rings is 2. The monoisotopic (exact) mass is 381 g/mol. The Balaban J connectivity index is 1.74. The second-order valence-corrected chi connectivity index (χ2v) is 6.45. The zero-order valence-corrected chi connectivity index (χ0v) is 15.4. The summed E-state index contributed by atoms with van der Waals surface area (Å²) in [6, 6.07) is 9.38. The van der Waals surface area contributed by atoms with Crippen molar-refractivity contribution in [1.82, 2.24) is 25.6 Å². The summed E-state index contributed by atoms with van der Waals surface area (Å²) < 4.78 is 29.4. The normalized spacial score (nSPS) is 11.7. The fraction of sp³-hybridized carbons (Fsp3) is 0.150. The molecule has 0 aliphatic rings. The summed E-state index contributed by atoms with van der Waals surface area (Å²) >= 11 is 0. The van der Waals surface area contributed by atoms with Crippen molar-refractivity contribution in [2.24, 2.45) is 7.05 Å². The van der Waals surface area contributed by atoms with Gasteiger partial charge in [-0.2, -0.15) is 14.9 Å². The second kappa shape index (κ2) is 7.32. The molecule has 142 valence electrons. The second-order valence-electron chi connectivity index (χ2n) is 6.45. The molecule has 0 saturated heterocycles. The van der Waals surface area contributed by atoms with E-state index in [4.69, 9.17) is 0 Å². The van der Waals surface area contributed by atoms with Crippen molar-refractivity contribution in [1.29, 1.82) is 0 Å². The van der Waals surface area contributed by atoms with Crippen LogP contribution in [0.4, 0.5) is 8.78 Å². The molecule has 6 nitrogen and oxygen atoms in total. The summed E-state index contributed by atoms with van der Waals surface area (Å²) in [5, 5.41) is 13.7. The molecule has 0 aliphatic carbocycles. The van der Waals surface area contributed by atoms with Gasteiger partial charge < -0.3 is 5.32 Å². The SMILES string of the molecule is CNCc1nc(-c2cc(F)c3n[nH]c(C=Cc4ccc(F)cc4)c3c2)[nH][n+]1C. The number of halogens is 2. The molecule has 0 unspecified atom stereocenters. The lowest BCUT2D eigenvalue weighted by atomic mass is 10.1. The smallest absolute Gasteiger partial charge is 0.309 e. The van der Waals surface area contributed by atoms with E-state index in [9.17, 15) is 8.78 Å². The summed E-state index contributed by atoms with van der Waals surface area (Å²) in [4.78, 5) is 4.53. The summed E-state index contributed by atoms with van der Waals surface area (Å²) in [5.41, 5.74) is 2.37. The van der Waals surface area contributed by atoms with Gasteiger partial charge in [0.25, 0.3) is 5.82 Å². The first-order chi connectivity index (χ1) is 13.5. The minimum Gasteiger partial charge on any atom is -0.309 e. The lowest BCUT2D eigenvalue weighted by molar-refractivity contribution is -0.734. The first-order valence-corrected chi connectivity index (χ1v) is 8.76. The van der Waals surface area contributed by atoms with Gasteiger partial charge in [0.1, 0.15) is 24.9 Å². The Labute approximate surface area is 159 Å². The Morgan fingerprint density at radius 3 is 2.68 bits per heavy atom. The summed E-state index contributed by atoms with van der Waals surface area (Å²) in [6.07, 6.45) is 3.61. The number of hydrogen-bond acceptors (Lipinski definition) is 3. The van der Waals surface area contributed by atoms with Gasteiger partial charge in [0.15, 0.2) is 5.82 Å². The minimum atomic E-state index is -0.431. The summed E-state index contributed by atoms with van der Waals surface area (Å²) in [7, 11) is 3.69. The van der Waals surface area contributed by atoms with E-state index in [-0.39, 0.29) is 11.3 Å². The number of hydrogen-bond donors (Lipinski definition) is 3. The van der Waals surface area contributed by atoms with Crippen LogP contribution in [0, 0.1) is 11.6 Å². The molecule has 28 heavy (non-hydrogen) atoms. The molecule has 0 radical (unpaired) electrons. The molecule has 0 fully saturated rings. The van der Waals surface area contributed by atoms with Gasteiger partial charge >= 0.3 is 5.82 Å². The highest BCUT2D eigenvalue weighted by molar-refractivity contribution is 5.92. The van der Waals surface area contributed by atoms with Crippen LogP contribution in [0.2, 0.25) is 0 Å². The largest absolute Gasteiger partial charge is 0.333 e. The molecule has 0 bridgehead atoms. The highest BCUT2D eigenvalue weighted by atomic mass is 19.1. The van der Waals surface area contributed by atoms with Crippen LogP contribution in [0.25, 0.3) is 34.4 Å². The van der Waals surface area contributed by atoms with Gasteiger partial charge in [-0.3, -0.25) is 5.10 Å². The molecule has 0 amide bonds. The number of H-pyrrole nitrogens is 2. The predicted molar refractivity (Wildman–Crippen MR) is 103 cm³/mol. The van der Waals surface area contributed by atoms with Crippen molar-refractivity contribution >= 4 is 23.1 Å². The van der Waals surface area contributed by atoms with Gasteiger partial charge in [0.2, 0.25) is 0 Å². The van der Waals surface area contributed by atoms with Crippen LogP contribution in [-0.2, 0) is 13.6 Å². The van der Waals surface area contributed by atoms with E-state index in [1.54, 1.807) is 22.9 Å². The van der Waals surface area contributed by atoms with Gasteiger partial charge in [-0.1, -0.05) is 18.2 Å². The molecule has 0 aliphatic heterocycles. The molecule has 2 aromatic carbocycles. The van der Waals surface area contributed by atoms with E-state index in [2.05, 4.69) is 25.6 Å². The van der Waals surface area contributed by atoms with Gasteiger partial charge in [0, 0.05) is 5.39 Å². The number of aromatic nitrogens is 5. The van der Waals surface area contributed by atoms with E-state index >= 15 is 0 Å². The van der Waals surface area contributed by atoms with E-state index in [1.807, 2.05) is 26.2 Å². The Bertz CT molecular complexity index is 1160. The first kappa shape index (κ1) is 18.0. The third kappa shape index (κ3) is 3.41. The lowest BCUT2D eigenvalue weighted by Crippen LogP contribution is -2.36. The Morgan fingerprint density at radius 1 is 1.14 bits per heavy atom. The molecular weight excluding hydrogens is 362 g/mol. The van der Waals surface area contributed by atoms with Crippen molar-refractivity contribution in [2.45, 2.75) is 6.54 Å². The Hall–Kier alpha value is -3.39. The van der Waals surface area contributed by atoms with Crippen molar-refractivity contribution < 1.29 is 13.5 Å². The van der Waals surface area contributed by atoms with Crippen LogP contribution in [0.1, 0.15) is 17.1 Å². The van der Waals surface area contributed by atoms with Crippen LogP contribution < -0.4 is 10.00 Å². The van der Waals surface area contributed by atoms with E-state index < -0.39 is 5.82 Å². The van der Waals surface area contributed by atoms with Crippen LogP contribution in [-0.4, -0.2) is 27.3 Å². The third-order valence-electron chi connectivity index (χ3n) is 4.46. The van der Waals surface area contributed by atoms with Crippen molar-refractivity contribution in [3.05, 3.63) is 65.1 Å². The highest BCUT2D eigenvalue weighted by Gasteiger charge is 2.20. The zero-order chi connectivity index (χ0) is 19.7. The number of aromatic amines is 2. The molecule has 2 heterocycles. The molecule has 0 atom stereocenters. The van der Waals surface area contributed by atoms with E-state index in [0.29, 0.717) is 29.0 Å². The Kier molecular flexibility index (Phi) is 4.70. The summed E-state index contributed by atoms with van der Waals surface area (Å²) in [6.45, 7) is 0.592. The van der Waals surface area contributed by atoms with Gasteiger partial charge in [0.05, 0.1) is 11.3 Å². The third-order valence-corrected chi connectivity index (χ3v) is 4.46. The molecule has 4 aromatic rings. The lowest BCUT2D eigenvalue weighted by Gasteiger charge is -1.97. The van der Waals surface area contributed by atoms with Crippen LogP contribution in [0.5, 0.6) is 0 Å². The molecule has 0 spiro atoms. The standard InChI is InChI=1S/C20H18F2N6/c1-23-11-18-24-20(27-28(18)2)13-9-15-17(25-26-19(15)16(22)10-13)8-5-12-3-6-14(21)7-4-12/h3-10,23H,11H2,1-2H3,(H,25,26,27)/p+1. The maximum atomic E-state index is 14.6. The van der Waals surface area contributed by atoms with Gasteiger partial charge in [-0.15, -0.1) is 0 Å². The molecule has 8 heteroatoms. The van der Waals surface area contributed by atoms with E-state index in [0.717, 1.165) is 11.4 Å². The average molecular weight is 381 g/mol. The number of rotatable bonds is 5. The zero-order valence-electron chi connectivity index (χ0n) is 15.4. The number of nitrogens with zero attached hydrogens (tertiary/aromatic N) is 3. The molecular formula is C20H19F2N6+. The molecule has 2 aromatic heterocycles. The fourth-order valence-corrected chi connectivity index (χ4v) is 3.01. The van der Waals surface area contributed by atoms with Gasteiger partial charge in [-0.25, -0.2) is 8.78 Å². The fourth-order valence-electron chi connectivity index (χ4n) is 3.01. The predicted octanol–water partition coefficient (Wildman–Crippen LogP) is 2.95. The number of aryl methyl sites for hydroxylation is 1. The molecule has 0 saturated carbocycles. The van der Waals surface area contributed by atoms with Crippen LogP contribution in [0.15, 0.2) is 36.4 Å². The highest BCUT2D eigenvalue weighted by Crippen LogP contribution is 2.27. The van der Waals surface area contributed by atoms with E-state index in [1.165, 1.54) is 18.2 Å². The minimum absolute atomic E-state index is 0.258. The quantitative estimate of drug-likeness (QED) is 0.466. The number of nitrogens with one attached hydrogen (secondary N) is 3. The molecule has 4 rings (SSSR count). The summed E-state index contributed by atoms with van der Waals surface area (Å²) in [5.74, 6) is 0.657.